The van der Waals surface area contributed by atoms with E-state index in [0.29, 0.717) is 43.1 Å². The number of imide groups is 1. The first kappa shape index (κ1) is 25.2. The number of piperidine rings is 1. The van der Waals surface area contributed by atoms with Crippen molar-refractivity contribution < 1.29 is 38.6 Å². The van der Waals surface area contributed by atoms with Gasteiger partial charge in [-0.05, 0) is 31.4 Å². The summed E-state index contributed by atoms with van der Waals surface area (Å²) in [7, 11) is 0. The van der Waals surface area contributed by atoms with Gasteiger partial charge in [0, 0.05) is 37.1 Å². The molecule has 1 fully saturated rings. The number of hydrogen-bond acceptors (Lipinski definition) is 7. The molecule has 11 nitrogen and oxygen atoms in total. The maximum atomic E-state index is 12.8. The summed E-state index contributed by atoms with van der Waals surface area (Å²) >= 11 is 0. The molecule has 1 unspecified atom stereocenters. The van der Waals surface area contributed by atoms with Crippen LogP contribution in [0.1, 0.15) is 54.4 Å². The second-order valence-electron chi connectivity index (χ2n) is 8.14. The minimum absolute atomic E-state index is 0.157. The Balaban J connectivity index is 1.39. The molecule has 0 bridgehead atoms. The lowest BCUT2D eigenvalue weighted by Crippen LogP contribution is -2.52. The number of carboxylic acids is 1. The van der Waals surface area contributed by atoms with Crippen molar-refractivity contribution in [2.45, 2.75) is 51.1 Å². The standard InChI is InChI=1S/C23H29N3O8/c27-19-9-8-17(22(31)25-19)26-13-16-15(23(26)32)5-4-6-18(16)34-14-20(28)24-10-12-33-11-3-1-2-7-21(29)30/h4-6,17H,1-3,7-14H2,(H,24,28)(H,29,30)(H,25,27,31). The van der Waals surface area contributed by atoms with Crippen molar-refractivity contribution >= 4 is 29.6 Å². The molecule has 1 saturated heterocycles. The highest BCUT2D eigenvalue weighted by Crippen LogP contribution is 2.33. The van der Waals surface area contributed by atoms with Crippen molar-refractivity contribution in [3.8, 4) is 5.75 Å². The number of amides is 4. The van der Waals surface area contributed by atoms with Crippen LogP contribution in [-0.4, -0.2) is 72.0 Å². The number of aliphatic carboxylic acids is 1. The van der Waals surface area contributed by atoms with Gasteiger partial charge in [0.15, 0.2) is 6.61 Å². The summed E-state index contributed by atoms with van der Waals surface area (Å²) in [6, 6.07) is 4.25. The fourth-order valence-electron chi connectivity index (χ4n) is 3.91. The van der Waals surface area contributed by atoms with Crippen LogP contribution in [-0.2, 0) is 30.5 Å². The number of hydrogen-bond donors (Lipinski definition) is 3. The number of rotatable bonds is 13. The van der Waals surface area contributed by atoms with Crippen molar-refractivity contribution in [2.75, 3.05) is 26.4 Å². The highest BCUT2D eigenvalue weighted by atomic mass is 16.5. The summed E-state index contributed by atoms with van der Waals surface area (Å²) in [6.45, 7) is 1.07. The van der Waals surface area contributed by atoms with Gasteiger partial charge in [-0.3, -0.25) is 29.3 Å². The normalized spacial score (nSPS) is 17.4. The van der Waals surface area contributed by atoms with Crippen molar-refractivity contribution in [2.24, 2.45) is 0 Å². The second kappa shape index (κ2) is 12.1. The number of nitrogens with one attached hydrogen (secondary N) is 2. The van der Waals surface area contributed by atoms with Crippen LogP contribution in [0.25, 0.3) is 0 Å². The van der Waals surface area contributed by atoms with Crippen LogP contribution >= 0.6 is 0 Å². The zero-order valence-electron chi connectivity index (χ0n) is 18.8. The highest BCUT2D eigenvalue weighted by Gasteiger charge is 2.40. The van der Waals surface area contributed by atoms with Crippen LogP contribution in [0.15, 0.2) is 18.2 Å². The van der Waals surface area contributed by atoms with E-state index in [1.165, 1.54) is 4.90 Å². The molecule has 0 aliphatic carbocycles. The molecule has 184 valence electrons. The van der Waals surface area contributed by atoms with Gasteiger partial charge >= 0.3 is 5.97 Å². The van der Waals surface area contributed by atoms with Crippen LogP contribution in [0.2, 0.25) is 0 Å². The lowest BCUT2D eigenvalue weighted by atomic mass is 10.0. The van der Waals surface area contributed by atoms with E-state index < -0.39 is 17.9 Å². The number of unbranched alkanes of at least 4 members (excludes halogenated alkanes) is 2. The Hall–Kier alpha value is -3.47. The summed E-state index contributed by atoms with van der Waals surface area (Å²) in [5, 5.41) is 13.5. The lowest BCUT2D eigenvalue weighted by Gasteiger charge is -2.29. The molecule has 0 aromatic heterocycles. The van der Waals surface area contributed by atoms with Crippen molar-refractivity contribution in [3.05, 3.63) is 29.3 Å². The van der Waals surface area contributed by atoms with Gasteiger partial charge in [0.1, 0.15) is 11.8 Å². The molecule has 1 atom stereocenters. The second-order valence-corrected chi connectivity index (χ2v) is 8.14. The third-order valence-electron chi connectivity index (χ3n) is 5.65. The van der Waals surface area contributed by atoms with E-state index in [1.54, 1.807) is 18.2 Å². The summed E-state index contributed by atoms with van der Waals surface area (Å²) < 4.78 is 11.1. The Morgan fingerprint density at radius 3 is 2.74 bits per heavy atom. The summed E-state index contributed by atoms with van der Waals surface area (Å²) in [4.78, 5) is 60.4. The maximum absolute atomic E-state index is 12.8. The van der Waals surface area contributed by atoms with Gasteiger partial charge in [-0.2, -0.15) is 0 Å². The Labute approximate surface area is 196 Å². The topological polar surface area (TPSA) is 151 Å². The third-order valence-corrected chi connectivity index (χ3v) is 5.65. The number of carboxylic acid groups (broad SMARTS) is 1. The molecule has 4 amide bonds. The van der Waals surface area contributed by atoms with Gasteiger partial charge in [-0.15, -0.1) is 0 Å². The molecule has 11 heteroatoms. The van der Waals surface area contributed by atoms with Gasteiger partial charge in [-0.25, -0.2) is 0 Å². The first-order chi connectivity index (χ1) is 16.4. The smallest absolute Gasteiger partial charge is 0.303 e. The molecule has 0 radical (unpaired) electrons. The number of carbonyl (C=O) groups is 5. The average molecular weight is 475 g/mol. The molecule has 3 N–H and O–H groups in total. The van der Waals surface area contributed by atoms with Crippen LogP contribution in [0, 0.1) is 0 Å². The predicted octanol–water partition coefficient (Wildman–Crippen LogP) is 0.604. The number of benzene rings is 1. The first-order valence-electron chi connectivity index (χ1n) is 11.3. The molecule has 1 aromatic rings. The van der Waals surface area contributed by atoms with Crippen LogP contribution < -0.4 is 15.4 Å². The first-order valence-corrected chi connectivity index (χ1v) is 11.3. The molecular formula is C23H29N3O8. The minimum Gasteiger partial charge on any atom is -0.483 e. The maximum Gasteiger partial charge on any atom is 0.303 e. The van der Waals surface area contributed by atoms with E-state index >= 15 is 0 Å². The van der Waals surface area contributed by atoms with E-state index in [9.17, 15) is 24.0 Å². The molecule has 3 rings (SSSR count). The zero-order valence-corrected chi connectivity index (χ0v) is 18.8. The Kier molecular flexibility index (Phi) is 8.97. The van der Waals surface area contributed by atoms with Crippen molar-refractivity contribution in [3.63, 3.8) is 0 Å². The van der Waals surface area contributed by atoms with Gasteiger partial charge in [0.25, 0.3) is 11.8 Å². The monoisotopic (exact) mass is 475 g/mol. The summed E-state index contributed by atoms with van der Waals surface area (Å²) in [6.07, 6.45) is 2.76. The minimum atomic E-state index is -0.801. The zero-order chi connectivity index (χ0) is 24.5. The Bertz CT molecular complexity index is 948. The fraction of sp³-hybridized carbons (Fsp3) is 0.522. The van der Waals surface area contributed by atoms with Crippen LogP contribution in [0.4, 0.5) is 0 Å². The van der Waals surface area contributed by atoms with Gasteiger partial charge in [0.05, 0.1) is 13.2 Å². The molecule has 2 aliphatic rings. The van der Waals surface area contributed by atoms with Crippen LogP contribution in [0.5, 0.6) is 5.75 Å². The molecular weight excluding hydrogens is 446 g/mol. The molecule has 0 spiro atoms. The summed E-state index contributed by atoms with van der Waals surface area (Å²) in [5.41, 5.74) is 1.02. The largest absolute Gasteiger partial charge is 0.483 e. The number of nitrogens with zero attached hydrogens (tertiary/aromatic N) is 1. The number of carbonyl (C=O) groups excluding carboxylic acids is 4. The lowest BCUT2D eigenvalue weighted by molar-refractivity contribution is -0.138. The molecule has 2 aliphatic heterocycles. The van der Waals surface area contributed by atoms with E-state index in [0.717, 1.165) is 12.8 Å². The Morgan fingerprint density at radius 1 is 1.15 bits per heavy atom. The van der Waals surface area contributed by atoms with E-state index in [1.807, 2.05) is 0 Å². The van der Waals surface area contributed by atoms with E-state index in [-0.39, 0.29) is 50.1 Å². The molecule has 0 saturated carbocycles. The molecule has 1 aromatic carbocycles. The van der Waals surface area contributed by atoms with Crippen LogP contribution in [0.3, 0.4) is 0 Å². The fourth-order valence-corrected chi connectivity index (χ4v) is 3.91. The number of fused-ring (bicyclic) bond motifs is 1. The average Bonchev–Trinajstić information content (AvgIpc) is 3.13. The Morgan fingerprint density at radius 2 is 1.97 bits per heavy atom. The summed E-state index contributed by atoms with van der Waals surface area (Å²) in [5.74, 6) is -1.88. The van der Waals surface area contributed by atoms with E-state index in [2.05, 4.69) is 10.6 Å². The SMILES string of the molecule is O=C(O)CCCCCOCCNC(=O)COc1cccc2c1CN(C1CCC(=O)NC1=O)C2=O. The van der Waals surface area contributed by atoms with Gasteiger partial charge in [-0.1, -0.05) is 12.5 Å². The predicted molar refractivity (Wildman–Crippen MR) is 118 cm³/mol. The van der Waals surface area contributed by atoms with E-state index in [4.69, 9.17) is 14.6 Å². The van der Waals surface area contributed by atoms with Crippen molar-refractivity contribution in [1.82, 2.24) is 15.5 Å². The molecule has 34 heavy (non-hydrogen) atoms. The number of ether oxygens (including phenoxy) is 2. The quantitative estimate of drug-likeness (QED) is 0.277. The van der Waals surface area contributed by atoms with Gasteiger partial charge in [0.2, 0.25) is 11.8 Å². The third kappa shape index (κ3) is 6.77. The highest BCUT2D eigenvalue weighted by molar-refractivity contribution is 6.05. The van der Waals surface area contributed by atoms with Gasteiger partial charge < -0.3 is 24.8 Å². The molecule has 2 heterocycles. The van der Waals surface area contributed by atoms with Crippen molar-refractivity contribution in [1.29, 1.82) is 0 Å².